The largest absolute Gasteiger partial charge is 0.433 e. The molecule has 2 aromatic rings. The third-order valence-electron chi connectivity index (χ3n) is 3.06. The topological polar surface area (TPSA) is 76.0 Å². The van der Waals surface area contributed by atoms with Gasteiger partial charge >= 0.3 is 6.18 Å². The zero-order chi connectivity index (χ0) is 18.8. The lowest BCUT2D eigenvalue weighted by Gasteiger charge is -2.11. The number of benzene rings is 1. The molecule has 2 rings (SSSR count). The van der Waals surface area contributed by atoms with Gasteiger partial charge in [0.05, 0.1) is 11.8 Å². The monoisotopic (exact) mass is 372 g/mol. The molecule has 0 fully saturated rings. The normalized spacial score (nSPS) is 11.1. The highest BCUT2D eigenvalue weighted by Gasteiger charge is 2.39. The van der Waals surface area contributed by atoms with Gasteiger partial charge in [0, 0.05) is 23.4 Å². The Morgan fingerprint density at radius 1 is 1.24 bits per heavy atom. The summed E-state index contributed by atoms with van der Waals surface area (Å²) in [6.45, 7) is 3.29. The van der Waals surface area contributed by atoms with Crippen molar-refractivity contribution in [3.05, 3.63) is 53.3 Å². The van der Waals surface area contributed by atoms with Gasteiger partial charge in [-0.1, -0.05) is 18.2 Å². The first-order chi connectivity index (χ1) is 11.6. The van der Waals surface area contributed by atoms with Crippen LogP contribution in [0.2, 0.25) is 5.02 Å². The molecule has 1 aromatic carbocycles. The Kier molecular flexibility index (Phi) is 5.17. The van der Waals surface area contributed by atoms with E-state index in [2.05, 4.69) is 22.3 Å². The zero-order valence-corrected chi connectivity index (χ0v) is 13.6. The summed E-state index contributed by atoms with van der Waals surface area (Å²) in [6, 6.07) is 4.07. The Bertz CT molecular complexity index is 846. The maximum Gasteiger partial charge on any atom is 0.433 e. The fourth-order valence-electron chi connectivity index (χ4n) is 2.07. The van der Waals surface area contributed by atoms with E-state index < -0.39 is 29.2 Å². The third kappa shape index (κ3) is 4.38. The molecule has 1 aromatic heterocycles. The molecule has 0 aliphatic carbocycles. The van der Waals surface area contributed by atoms with Crippen molar-refractivity contribution in [3.8, 4) is 0 Å². The number of rotatable bonds is 4. The minimum Gasteiger partial charge on any atom is -0.322 e. The van der Waals surface area contributed by atoms with Gasteiger partial charge in [0.15, 0.2) is 5.69 Å². The Labute approximate surface area is 145 Å². The number of hydrogen-bond acceptors (Lipinski definition) is 3. The van der Waals surface area contributed by atoms with Gasteiger partial charge in [-0.05, 0) is 24.3 Å². The van der Waals surface area contributed by atoms with Gasteiger partial charge in [-0.15, -0.1) is 0 Å². The van der Waals surface area contributed by atoms with Crippen LogP contribution in [0.5, 0.6) is 0 Å². The summed E-state index contributed by atoms with van der Waals surface area (Å²) in [6.07, 6.45) is -2.89. The molecule has 0 bridgehead atoms. The number of amides is 2. The molecule has 1 heterocycles. The van der Waals surface area contributed by atoms with Crippen molar-refractivity contribution in [2.45, 2.75) is 6.18 Å². The first-order valence-corrected chi connectivity index (χ1v) is 7.14. The van der Waals surface area contributed by atoms with E-state index in [1.165, 1.54) is 18.2 Å². The number of aromatic nitrogens is 2. The minimum atomic E-state index is -4.74. The third-order valence-corrected chi connectivity index (χ3v) is 3.28. The molecule has 6 nitrogen and oxygen atoms in total. The van der Waals surface area contributed by atoms with E-state index in [1.807, 2.05) is 0 Å². The molecule has 0 atom stereocenters. The van der Waals surface area contributed by atoms with E-state index in [1.54, 1.807) is 0 Å². The van der Waals surface area contributed by atoms with Crippen LogP contribution in [0.25, 0.3) is 0 Å². The molecule has 132 valence electrons. The van der Waals surface area contributed by atoms with Crippen LogP contribution in [0.3, 0.4) is 0 Å². The Morgan fingerprint density at radius 2 is 1.84 bits per heavy atom. The summed E-state index contributed by atoms with van der Waals surface area (Å²) in [4.78, 5) is 23.5. The number of aryl methyl sites for hydroxylation is 1. The maximum atomic E-state index is 13.0. The quantitative estimate of drug-likeness (QED) is 0.807. The highest BCUT2D eigenvalue weighted by Crippen LogP contribution is 2.32. The SMILES string of the molecule is C=CC(=O)Nc1cc(Cl)cc(NC(=O)c2cnn(C)c2C(F)(F)F)c1. The van der Waals surface area contributed by atoms with Crippen molar-refractivity contribution in [3.63, 3.8) is 0 Å². The van der Waals surface area contributed by atoms with Crippen molar-refractivity contribution in [2.75, 3.05) is 10.6 Å². The van der Waals surface area contributed by atoms with Crippen molar-refractivity contribution >= 4 is 34.8 Å². The lowest BCUT2D eigenvalue weighted by Crippen LogP contribution is -2.20. The van der Waals surface area contributed by atoms with E-state index >= 15 is 0 Å². The lowest BCUT2D eigenvalue weighted by atomic mass is 10.2. The standard InChI is InChI=1S/C15H12ClF3N4O2/c1-3-12(24)21-9-4-8(16)5-10(6-9)22-14(25)11-7-20-23(2)13(11)15(17,18)19/h3-7H,1H2,2H3,(H,21,24)(H,22,25). The number of alkyl halides is 3. The van der Waals surface area contributed by atoms with Gasteiger partial charge in [-0.2, -0.15) is 18.3 Å². The summed E-state index contributed by atoms with van der Waals surface area (Å²) >= 11 is 5.89. The smallest absolute Gasteiger partial charge is 0.322 e. The van der Waals surface area contributed by atoms with Gasteiger partial charge < -0.3 is 10.6 Å². The number of anilines is 2. The van der Waals surface area contributed by atoms with Gasteiger partial charge in [-0.3, -0.25) is 14.3 Å². The molecule has 0 unspecified atom stereocenters. The van der Waals surface area contributed by atoms with Crippen LogP contribution in [0.15, 0.2) is 37.1 Å². The molecular weight excluding hydrogens is 361 g/mol. The molecule has 2 N–H and O–H groups in total. The average Bonchev–Trinajstić information content (AvgIpc) is 2.88. The molecule has 25 heavy (non-hydrogen) atoms. The van der Waals surface area contributed by atoms with E-state index in [0.717, 1.165) is 19.3 Å². The number of hydrogen-bond donors (Lipinski definition) is 2. The number of nitrogens with one attached hydrogen (secondary N) is 2. The predicted molar refractivity (Wildman–Crippen MR) is 86.4 cm³/mol. The second-order valence-electron chi connectivity index (χ2n) is 4.90. The number of halogens is 4. The minimum absolute atomic E-state index is 0.105. The predicted octanol–water partition coefficient (Wildman–Crippen LogP) is 3.47. The van der Waals surface area contributed by atoms with E-state index in [4.69, 9.17) is 11.6 Å². The average molecular weight is 373 g/mol. The summed E-state index contributed by atoms with van der Waals surface area (Å²) in [5.41, 5.74) is -1.46. The van der Waals surface area contributed by atoms with Crippen LogP contribution in [0, 0.1) is 0 Å². The molecule has 0 radical (unpaired) electrons. The highest BCUT2D eigenvalue weighted by atomic mass is 35.5. The van der Waals surface area contributed by atoms with Crippen molar-refractivity contribution in [2.24, 2.45) is 7.05 Å². The van der Waals surface area contributed by atoms with Crippen LogP contribution in [0.4, 0.5) is 24.5 Å². The van der Waals surface area contributed by atoms with E-state index in [0.29, 0.717) is 4.68 Å². The second kappa shape index (κ2) is 6.98. The van der Waals surface area contributed by atoms with E-state index in [-0.39, 0.29) is 16.4 Å². The number of nitrogens with zero attached hydrogens (tertiary/aromatic N) is 2. The fourth-order valence-corrected chi connectivity index (χ4v) is 2.30. The number of carbonyl (C=O) groups excluding carboxylic acids is 2. The molecule has 2 amide bonds. The fraction of sp³-hybridized carbons (Fsp3) is 0.133. The van der Waals surface area contributed by atoms with Crippen LogP contribution in [-0.2, 0) is 18.0 Å². The zero-order valence-electron chi connectivity index (χ0n) is 12.8. The highest BCUT2D eigenvalue weighted by molar-refractivity contribution is 6.31. The molecule has 0 saturated carbocycles. The van der Waals surface area contributed by atoms with Gasteiger partial charge in [-0.25, -0.2) is 0 Å². The Balaban J connectivity index is 2.30. The van der Waals surface area contributed by atoms with Crippen LogP contribution >= 0.6 is 11.6 Å². The summed E-state index contributed by atoms with van der Waals surface area (Å²) in [5.74, 6) is -1.52. The first kappa shape index (κ1) is 18.5. The first-order valence-electron chi connectivity index (χ1n) is 6.76. The van der Waals surface area contributed by atoms with E-state index in [9.17, 15) is 22.8 Å². The summed E-state index contributed by atoms with van der Waals surface area (Å²) in [7, 11) is 1.09. The Morgan fingerprint density at radius 3 is 2.40 bits per heavy atom. The molecule has 0 saturated heterocycles. The van der Waals surface area contributed by atoms with Crippen molar-refractivity contribution < 1.29 is 22.8 Å². The van der Waals surface area contributed by atoms with Gasteiger partial charge in [0.2, 0.25) is 5.91 Å². The molecule has 0 spiro atoms. The molecule has 0 aliphatic heterocycles. The molecular formula is C15H12ClF3N4O2. The van der Waals surface area contributed by atoms with Crippen LogP contribution in [0.1, 0.15) is 16.1 Å². The van der Waals surface area contributed by atoms with Gasteiger partial charge in [0.1, 0.15) is 0 Å². The van der Waals surface area contributed by atoms with Gasteiger partial charge in [0.25, 0.3) is 5.91 Å². The summed E-state index contributed by atoms with van der Waals surface area (Å²) < 4.78 is 39.7. The molecule has 10 heteroatoms. The summed E-state index contributed by atoms with van der Waals surface area (Å²) in [5, 5.41) is 8.38. The van der Waals surface area contributed by atoms with Crippen LogP contribution in [-0.4, -0.2) is 21.6 Å². The lowest BCUT2D eigenvalue weighted by molar-refractivity contribution is -0.144. The Hall–Kier alpha value is -2.81. The second-order valence-corrected chi connectivity index (χ2v) is 5.34. The number of carbonyl (C=O) groups is 2. The van der Waals surface area contributed by atoms with Crippen molar-refractivity contribution in [1.82, 2.24) is 9.78 Å². The maximum absolute atomic E-state index is 13.0. The van der Waals surface area contributed by atoms with Crippen molar-refractivity contribution in [1.29, 1.82) is 0 Å². The van der Waals surface area contributed by atoms with Crippen LogP contribution < -0.4 is 10.6 Å². The molecule has 0 aliphatic rings.